The van der Waals surface area contributed by atoms with Crippen molar-refractivity contribution in [1.82, 2.24) is 5.32 Å². The Morgan fingerprint density at radius 2 is 1.65 bits per heavy atom. The van der Waals surface area contributed by atoms with Gasteiger partial charge in [-0.1, -0.05) is 51.9 Å². The van der Waals surface area contributed by atoms with Crippen LogP contribution in [0.1, 0.15) is 64.7 Å². The molecule has 0 aromatic carbocycles. The molecule has 2 unspecified atom stereocenters. The zero-order chi connectivity index (χ0) is 14.5. The Hall–Kier alpha value is -1.06. The van der Waals surface area contributed by atoms with Gasteiger partial charge >= 0.3 is 5.97 Å². The second kappa shape index (κ2) is 7.09. The Balaban J connectivity index is 1.77. The number of aliphatic carboxylic acids is 1. The summed E-state index contributed by atoms with van der Waals surface area (Å²) in [6.07, 6.45) is 10.0. The molecule has 0 radical (unpaired) electrons. The minimum atomic E-state index is -0.893. The van der Waals surface area contributed by atoms with Crippen LogP contribution in [0.2, 0.25) is 0 Å². The Bertz CT molecular complexity index is 346. The van der Waals surface area contributed by atoms with Crippen molar-refractivity contribution >= 4 is 11.9 Å². The zero-order valence-electron chi connectivity index (χ0n) is 12.4. The van der Waals surface area contributed by atoms with Crippen LogP contribution >= 0.6 is 0 Å². The highest BCUT2D eigenvalue weighted by Gasteiger charge is 2.31. The minimum absolute atomic E-state index is 0.0702. The van der Waals surface area contributed by atoms with E-state index < -0.39 is 12.0 Å². The number of carbonyl (C=O) groups is 2. The van der Waals surface area contributed by atoms with Crippen LogP contribution in [0.25, 0.3) is 0 Å². The first kappa shape index (κ1) is 15.3. The maximum atomic E-state index is 12.2. The molecule has 0 aromatic heterocycles. The zero-order valence-corrected chi connectivity index (χ0v) is 12.4. The van der Waals surface area contributed by atoms with Crippen LogP contribution in [-0.2, 0) is 9.59 Å². The lowest BCUT2D eigenvalue weighted by Gasteiger charge is -2.25. The predicted molar refractivity (Wildman–Crippen MR) is 77.3 cm³/mol. The molecule has 2 N–H and O–H groups in total. The smallest absolute Gasteiger partial charge is 0.326 e. The lowest BCUT2D eigenvalue weighted by Crippen LogP contribution is -2.43. The number of amides is 1. The van der Waals surface area contributed by atoms with E-state index in [1.165, 1.54) is 32.1 Å². The highest BCUT2D eigenvalue weighted by atomic mass is 16.4. The molecule has 0 bridgehead atoms. The summed E-state index contributed by atoms with van der Waals surface area (Å²) in [6.45, 7) is 1.93. The lowest BCUT2D eigenvalue weighted by atomic mass is 9.83. The molecule has 114 valence electrons. The van der Waals surface area contributed by atoms with Crippen molar-refractivity contribution in [2.75, 3.05) is 0 Å². The van der Waals surface area contributed by atoms with Crippen molar-refractivity contribution < 1.29 is 14.7 Å². The van der Waals surface area contributed by atoms with Crippen molar-refractivity contribution in [3.8, 4) is 0 Å². The molecule has 0 saturated heterocycles. The van der Waals surface area contributed by atoms with Crippen molar-refractivity contribution in [2.45, 2.75) is 70.8 Å². The average molecular weight is 281 g/mol. The van der Waals surface area contributed by atoms with E-state index in [0.29, 0.717) is 18.3 Å². The number of carboxylic acid groups (broad SMARTS) is 1. The van der Waals surface area contributed by atoms with Gasteiger partial charge in [0.1, 0.15) is 6.04 Å². The van der Waals surface area contributed by atoms with Crippen LogP contribution in [0.4, 0.5) is 0 Å². The molecule has 0 aromatic rings. The van der Waals surface area contributed by atoms with E-state index in [2.05, 4.69) is 5.32 Å². The number of hydrogen-bond acceptors (Lipinski definition) is 2. The molecule has 2 rings (SSSR count). The van der Waals surface area contributed by atoms with Crippen molar-refractivity contribution in [2.24, 2.45) is 17.8 Å². The molecule has 4 heteroatoms. The van der Waals surface area contributed by atoms with Gasteiger partial charge in [0.15, 0.2) is 0 Å². The van der Waals surface area contributed by atoms with Crippen LogP contribution < -0.4 is 5.32 Å². The minimum Gasteiger partial charge on any atom is -0.480 e. The van der Waals surface area contributed by atoms with Gasteiger partial charge in [0.05, 0.1) is 0 Å². The number of hydrogen-bond donors (Lipinski definition) is 2. The van der Waals surface area contributed by atoms with Crippen molar-refractivity contribution in [3.63, 3.8) is 0 Å². The molecule has 20 heavy (non-hydrogen) atoms. The topological polar surface area (TPSA) is 66.4 Å². The number of carboxylic acids is 1. The molecular weight excluding hydrogens is 254 g/mol. The molecular formula is C16H27NO3. The number of nitrogens with one attached hydrogen (secondary N) is 1. The molecule has 2 atom stereocenters. The van der Waals surface area contributed by atoms with E-state index >= 15 is 0 Å². The fourth-order valence-electron chi connectivity index (χ4n) is 3.25. The molecule has 0 aliphatic heterocycles. The Kier molecular flexibility index (Phi) is 5.44. The molecule has 4 nitrogen and oxygen atoms in total. The van der Waals surface area contributed by atoms with E-state index in [1.54, 1.807) is 0 Å². The Labute approximate surface area is 121 Å². The second-order valence-corrected chi connectivity index (χ2v) is 6.72. The summed E-state index contributed by atoms with van der Waals surface area (Å²) in [5.74, 6) is 0.110. The summed E-state index contributed by atoms with van der Waals surface area (Å²) in [7, 11) is 0. The number of carbonyl (C=O) groups excluding carboxylic acids is 1. The summed E-state index contributed by atoms with van der Waals surface area (Å²) in [5, 5.41) is 11.9. The lowest BCUT2D eigenvalue weighted by molar-refractivity contribution is -0.142. The standard InChI is InChI=1S/C16H27NO3/c1-11(9-12-5-3-2-4-6-12)15(18)17-14(16(19)20)10-13-7-8-13/h11-14H,2-10H2,1H3,(H,17,18)(H,19,20). The first-order chi connectivity index (χ1) is 9.56. The largest absolute Gasteiger partial charge is 0.480 e. The molecule has 2 aliphatic carbocycles. The highest BCUT2D eigenvalue weighted by molar-refractivity contribution is 5.84. The molecule has 0 spiro atoms. The monoisotopic (exact) mass is 281 g/mol. The summed E-state index contributed by atoms with van der Waals surface area (Å²) < 4.78 is 0. The summed E-state index contributed by atoms with van der Waals surface area (Å²) >= 11 is 0. The molecule has 2 fully saturated rings. The highest BCUT2D eigenvalue weighted by Crippen LogP contribution is 2.34. The van der Waals surface area contributed by atoms with Crippen molar-refractivity contribution in [1.29, 1.82) is 0 Å². The SMILES string of the molecule is CC(CC1CCCCC1)C(=O)NC(CC1CC1)C(=O)O. The molecule has 0 heterocycles. The maximum absolute atomic E-state index is 12.2. The first-order valence-electron chi connectivity index (χ1n) is 8.09. The van der Waals surface area contributed by atoms with E-state index in [4.69, 9.17) is 0 Å². The van der Waals surface area contributed by atoms with E-state index in [-0.39, 0.29) is 11.8 Å². The quantitative estimate of drug-likeness (QED) is 0.754. The van der Waals surface area contributed by atoms with Crippen LogP contribution in [0.3, 0.4) is 0 Å². The van der Waals surface area contributed by atoms with Gasteiger partial charge in [-0.25, -0.2) is 4.79 Å². The normalized spacial score (nSPS) is 23.1. The molecule has 1 amide bonds. The Morgan fingerprint density at radius 1 is 1.05 bits per heavy atom. The number of rotatable bonds is 7. The van der Waals surface area contributed by atoms with Gasteiger partial charge in [-0.15, -0.1) is 0 Å². The van der Waals surface area contributed by atoms with Gasteiger partial charge in [0, 0.05) is 5.92 Å². The van der Waals surface area contributed by atoms with Gasteiger partial charge in [0.2, 0.25) is 5.91 Å². The van der Waals surface area contributed by atoms with Gasteiger partial charge in [0.25, 0.3) is 0 Å². The van der Waals surface area contributed by atoms with Crippen LogP contribution in [-0.4, -0.2) is 23.0 Å². The van der Waals surface area contributed by atoms with Crippen LogP contribution in [0.5, 0.6) is 0 Å². The predicted octanol–water partition coefficient (Wildman–Crippen LogP) is 2.96. The molecule has 2 saturated carbocycles. The first-order valence-corrected chi connectivity index (χ1v) is 8.09. The summed E-state index contributed by atoms with van der Waals surface area (Å²) in [5.41, 5.74) is 0. The molecule has 2 aliphatic rings. The third-order valence-electron chi connectivity index (χ3n) is 4.74. The fraction of sp³-hybridized carbons (Fsp3) is 0.875. The summed E-state index contributed by atoms with van der Waals surface area (Å²) in [4.78, 5) is 23.4. The van der Waals surface area contributed by atoms with Gasteiger partial charge in [-0.05, 0) is 24.7 Å². The Morgan fingerprint density at radius 3 is 2.20 bits per heavy atom. The van der Waals surface area contributed by atoms with E-state index in [1.807, 2.05) is 6.92 Å². The van der Waals surface area contributed by atoms with Gasteiger partial charge < -0.3 is 10.4 Å². The van der Waals surface area contributed by atoms with Crippen molar-refractivity contribution in [3.05, 3.63) is 0 Å². The second-order valence-electron chi connectivity index (χ2n) is 6.72. The third kappa shape index (κ3) is 4.80. The van der Waals surface area contributed by atoms with Crippen LogP contribution in [0.15, 0.2) is 0 Å². The van der Waals surface area contributed by atoms with Gasteiger partial charge in [-0.3, -0.25) is 4.79 Å². The maximum Gasteiger partial charge on any atom is 0.326 e. The van der Waals surface area contributed by atoms with Crippen LogP contribution in [0, 0.1) is 17.8 Å². The van der Waals surface area contributed by atoms with E-state index in [0.717, 1.165) is 19.3 Å². The average Bonchev–Trinajstić information content (AvgIpc) is 3.22. The van der Waals surface area contributed by atoms with Gasteiger partial charge in [-0.2, -0.15) is 0 Å². The summed E-state index contributed by atoms with van der Waals surface area (Å²) in [6, 6.07) is -0.691. The third-order valence-corrected chi connectivity index (χ3v) is 4.74. The van der Waals surface area contributed by atoms with E-state index in [9.17, 15) is 14.7 Å². The fourth-order valence-corrected chi connectivity index (χ4v) is 3.25.